The Morgan fingerprint density at radius 1 is 1.32 bits per heavy atom. The van der Waals surface area contributed by atoms with E-state index in [2.05, 4.69) is 4.74 Å². The molecule has 1 aromatic rings. The van der Waals surface area contributed by atoms with Crippen molar-refractivity contribution in [3.63, 3.8) is 0 Å². The van der Waals surface area contributed by atoms with Crippen LogP contribution < -0.4 is 0 Å². The van der Waals surface area contributed by atoms with Gasteiger partial charge in [-0.25, -0.2) is 4.79 Å². The van der Waals surface area contributed by atoms with E-state index in [1.54, 1.807) is 24.3 Å². The number of carboxylic acids is 1. The third kappa shape index (κ3) is 3.72. The molecule has 0 amide bonds. The van der Waals surface area contributed by atoms with Gasteiger partial charge in [-0.3, -0.25) is 4.79 Å². The van der Waals surface area contributed by atoms with Crippen molar-refractivity contribution >= 4 is 18.3 Å². The van der Waals surface area contributed by atoms with Gasteiger partial charge in [-0.15, -0.1) is 0 Å². The van der Waals surface area contributed by atoms with Crippen LogP contribution in [0.3, 0.4) is 0 Å². The molecule has 0 saturated carbocycles. The van der Waals surface area contributed by atoms with Crippen molar-refractivity contribution in [2.75, 3.05) is 7.11 Å². The molecule has 0 saturated heterocycles. The molecule has 0 aromatic heterocycles. The number of carbonyl (C=O) groups is 2. The number of benzene rings is 1. The SMILES string of the molecule is COC(O)(/C=C/c1ccc(C=O)cc1)C(O)C(=O)O. The van der Waals surface area contributed by atoms with Gasteiger partial charge < -0.3 is 20.1 Å². The molecule has 0 spiro atoms. The topological polar surface area (TPSA) is 104 Å². The van der Waals surface area contributed by atoms with E-state index in [0.29, 0.717) is 17.4 Å². The van der Waals surface area contributed by atoms with Crippen molar-refractivity contribution in [2.24, 2.45) is 0 Å². The minimum Gasteiger partial charge on any atom is -0.479 e. The van der Waals surface area contributed by atoms with Gasteiger partial charge in [0.2, 0.25) is 11.9 Å². The molecule has 0 aliphatic heterocycles. The van der Waals surface area contributed by atoms with Gasteiger partial charge in [0.25, 0.3) is 0 Å². The Bertz CT molecular complexity index is 478. The Kier molecular flexibility index (Phi) is 4.94. The molecule has 3 N–H and O–H groups in total. The molecule has 0 fully saturated rings. The van der Waals surface area contributed by atoms with Gasteiger partial charge >= 0.3 is 5.97 Å². The maximum absolute atomic E-state index is 10.6. The van der Waals surface area contributed by atoms with Crippen LogP contribution in [0.25, 0.3) is 6.08 Å². The molecule has 19 heavy (non-hydrogen) atoms. The first-order valence-electron chi connectivity index (χ1n) is 5.36. The van der Waals surface area contributed by atoms with Crippen molar-refractivity contribution in [3.8, 4) is 0 Å². The summed E-state index contributed by atoms with van der Waals surface area (Å²) in [5.74, 6) is -3.93. The van der Waals surface area contributed by atoms with Gasteiger partial charge in [0.1, 0.15) is 6.29 Å². The second kappa shape index (κ2) is 6.24. The Hall–Kier alpha value is -2.02. The molecule has 0 heterocycles. The van der Waals surface area contributed by atoms with E-state index in [-0.39, 0.29) is 0 Å². The van der Waals surface area contributed by atoms with Crippen LogP contribution in [0, 0.1) is 0 Å². The summed E-state index contributed by atoms with van der Waals surface area (Å²) in [6.45, 7) is 0. The summed E-state index contributed by atoms with van der Waals surface area (Å²) in [5, 5.41) is 27.8. The Balaban J connectivity index is 2.92. The van der Waals surface area contributed by atoms with Gasteiger partial charge in [-0.2, -0.15) is 0 Å². The summed E-state index contributed by atoms with van der Waals surface area (Å²) in [4.78, 5) is 21.1. The lowest BCUT2D eigenvalue weighted by molar-refractivity contribution is -0.216. The number of ether oxygens (including phenoxy) is 1. The van der Waals surface area contributed by atoms with Crippen molar-refractivity contribution in [1.82, 2.24) is 0 Å². The van der Waals surface area contributed by atoms with Crippen LogP contribution in [0.5, 0.6) is 0 Å². The van der Waals surface area contributed by atoms with E-state index in [4.69, 9.17) is 5.11 Å². The number of aliphatic hydroxyl groups excluding tert-OH is 1. The zero-order chi connectivity index (χ0) is 14.5. The summed E-state index contributed by atoms with van der Waals surface area (Å²) < 4.78 is 4.61. The van der Waals surface area contributed by atoms with Crippen LogP contribution >= 0.6 is 0 Å². The zero-order valence-electron chi connectivity index (χ0n) is 10.2. The minimum atomic E-state index is -2.32. The standard InChI is InChI=1S/C13H14O6/c1-19-13(18,11(15)12(16)17)7-6-9-2-4-10(8-14)5-3-9/h2-8,11,15,18H,1H3,(H,16,17)/b7-6+. The largest absolute Gasteiger partial charge is 0.479 e. The number of hydrogen-bond donors (Lipinski definition) is 3. The molecule has 0 aliphatic carbocycles. The summed E-state index contributed by atoms with van der Waals surface area (Å²) in [6, 6.07) is 6.32. The third-order valence-corrected chi connectivity index (χ3v) is 2.54. The van der Waals surface area contributed by atoms with Crippen LogP contribution in [0.15, 0.2) is 30.3 Å². The van der Waals surface area contributed by atoms with Gasteiger partial charge in [0.15, 0.2) is 0 Å². The lowest BCUT2D eigenvalue weighted by Crippen LogP contribution is -2.47. The molecule has 1 rings (SSSR count). The van der Waals surface area contributed by atoms with Gasteiger partial charge in [0, 0.05) is 12.7 Å². The minimum absolute atomic E-state index is 0.490. The maximum Gasteiger partial charge on any atom is 0.338 e. The molecule has 6 heteroatoms. The average Bonchev–Trinajstić information content (AvgIpc) is 2.44. The van der Waals surface area contributed by atoms with Crippen LogP contribution in [0.1, 0.15) is 15.9 Å². The molecular weight excluding hydrogens is 252 g/mol. The van der Waals surface area contributed by atoms with Crippen LogP contribution in [-0.4, -0.2) is 46.6 Å². The number of hydrogen-bond acceptors (Lipinski definition) is 5. The Morgan fingerprint density at radius 2 is 1.84 bits per heavy atom. The fourth-order valence-electron chi connectivity index (χ4n) is 1.35. The molecule has 1 aromatic carbocycles. The highest BCUT2D eigenvalue weighted by Crippen LogP contribution is 2.16. The summed E-state index contributed by atoms with van der Waals surface area (Å²) >= 11 is 0. The van der Waals surface area contributed by atoms with Gasteiger partial charge in [-0.05, 0) is 11.6 Å². The predicted molar refractivity (Wildman–Crippen MR) is 66.5 cm³/mol. The van der Waals surface area contributed by atoms with E-state index in [1.807, 2.05) is 0 Å². The van der Waals surface area contributed by atoms with Gasteiger partial charge in [0.05, 0.1) is 0 Å². The monoisotopic (exact) mass is 266 g/mol. The second-order valence-corrected chi connectivity index (χ2v) is 3.81. The van der Waals surface area contributed by atoms with E-state index in [0.717, 1.165) is 13.2 Å². The number of aldehydes is 1. The van der Waals surface area contributed by atoms with Crippen LogP contribution in [0.4, 0.5) is 0 Å². The van der Waals surface area contributed by atoms with E-state index < -0.39 is 17.9 Å². The fourth-order valence-corrected chi connectivity index (χ4v) is 1.35. The molecule has 0 radical (unpaired) electrons. The van der Waals surface area contributed by atoms with Crippen molar-refractivity contribution in [2.45, 2.75) is 11.9 Å². The number of aliphatic carboxylic acids is 1. The zero-order valence-corrected chi connectivity index (χ0v) is 10.2. The normalized spacial score (nSPS) is 15.9. The molecule has 2 atom stereocenters. The van der Waals surface area contributed by atoms with E-state index in [1.165, 1.54) is 6.08 Å². The molecule has 0 bridgehead atoms. The number of methoxy groups -OCH3 is 1. The van der Waals surface area contributed by atoms with E-state index in [9.17, 15) is 19.8 Å². The Morgan fingerprint density at radius 3 is 2.26 bits per heavy atom. The van der Waals surface area contributed by atoms with Crippen molar-refractivity contribution < 1.29 is 29.6 Å². The lowest BCUT2D eigenvalue weighted by atomic mass is 10.1. The van der Waals surface area contributed by atoms with Crippen LogP contribution in [0.2, 0.25) is 0 Å². The highest BCUT2D eigenvalue weighted by molar-refractivity contribution is 5.76. The lowest BCUT2D eigenvalue weighted by Gasteiger charge is -2.25. The average molecular weight is 266 g/mol. The second-order valence-electron chi connectivity index (χ2n) is 3.81. The highest BCUT2D eigenvalue weighted by Gasteiger charge is 2.38. The molecule has 102 valence electrons. The summed E-state index contributed by atoms with van der Waals surface area (Å²) in [7, 11) is 1.08. The first-order valence-corrected chi connectivity index (χ1v) is 5.36. The fraction of sp³-hybridized carbons (Fsp3) is 0.231. The summed E-state index contributed by atoms with van der Waals surface area (Å²) in [5.41, 5.74) is 1.10. The number of aliphatic hydroxyl groups is 2. The molecule has 6 nitrogen and oxygen atoms in total. The van der Waals surface area contributed by atoms with Crippen LogP contribution in [-0.2, 0) is 9.53 Å². The molecular formula is C13H14O6. The quantitative estimate of drug-likeness (QED) is 0.505. The Labute approximate surface area is 109 Å². The maximum atomic E-state index is 10.6. The number of carbonyl (C=O) groups excluding carboxylic acids is 1. The van der Waals surface area contributed by atoms with Crippen molar-refractivity contribution in [1.29, 1.82) is 0 Å². The first-order chi connectivity index (χ1) is 8.92. The third-order valence-electron chi connectivity index (χ3n) is 2.54. The summed E-state index contributed by atoms with van der Waals surface area (Å²) in [6.07, 6.45) is 0.988. The molecule has 2 unspecified atom stereocenters. The predicted octanol–water partition coefficient (Wildman–Crippen LogP) is 0.293. The number of rotatable bonds is 6. The van der Waals surface area contributed by atoms with Gasteiger partial charge in [-0.1, -0.05) is 30.3 Å². The molecule has 0 aliphatic rings. The number of carboxylic acid groups (broad SMARTS) is 1. The first kappa shape index (κ1) is 15.0. The van der Waals surface area contributed by atoms with Crippen molar-refractivity contribution in [3.05, 3.63) is 41.5 Å². The van der Waals surface area contributed by atoms with E-state index >= 15 is 0 Å². The highest BCUT2D eigenvalue weighted by atomic mass is 16.6. The smallest absolute Gasteiger partial charge is 0.338 e.